The molecule has 2 heterocycles. The quantitative estimate of drug-likeness (QED) is 0.790. The van der Waals surface area contributed by atoms with E-state index in [1.54, 1.807) is 23.1 Å². The molecule has 0 radical (unpaired) electrons. The van der Waals surface area contributed by atoms with Gasteiger partial charge in [0, 0.05) is 43.7 Å². The summed E-state index contributed by atoms with van der Waals surface area (Å²) in [6.45, 7) is 4.22. The summed E-state index contributed by atoms with van der Waals surface area (Å²) in [6, 6.07) is 5.38. The van der Waals surface area contributed by atoms with Crippen LogP contribution in [0.1, 0.15) is 57.9 Å². The molecule has 1 N–H and O–H groups in total. The summed E-state index contributed by atoms with van der Waals surface area (Å²) in [5.41, 5.74) is 1.70. The van der Waals surface area contributed by atoms with Gasteiger partial charge in [-0.15, -0.1) is 0 Å². The zero-order valence-electron chi connectivity index (χ0n) is 17.8. The van der Waals surface area contributed by atoms with Gasteiger partial charge >= 0.3 is 0 Å². The van der Waals surface area contributed by atoms with Crippen molar-refractivity contribution < 1.29 is 18.0 Å². The smallest absolute Gasteiger partial charge is 0.243 e. The topological polar surface area (TPSA) is 86.8 Å². The van der Waals surface area contributed by atoms with Crippen LogP contribution in [0, 0.1) is 5.92 Å². The Labute approximate surface area is 178 Å². The molecule has 0 unspecified atom stereocenters. The molecule has 1 saturated carbocycles. The Kier molecular flexibility index (Phi) is 5.90. The zero-order chi connectivity index (χ0) is 21.5. The number of carbonyl (C=O) groups is 2. The molecule has 3 aliphatic rings. The number of carbonyl (C=O) groups excluding carboxylic acids is 2. The molecule has 0 spiro atoms. The number of piperidine rings is 1. The van der Waals surface area contributed by atoms with Crippen molar-refractivity contribution >= 4 is 27.5 Å². The maximum atomic E-state index is 13.2. The predicted molar refractivity (Wildman–Crippen MR) is 115 cm³/mol. The number of amides is 2. The molecule has 1 aliphatic carbocycles. The molecule has 0 aromatic heterocycles. The van der Waals surface area contributed by atoms with Crippen molar-refractivity contribution in [3.63, 3.8) is 0 Å². The number of benzene rings is 1. The van der Waals surface area contributed by atoms with Crippen LogP contribution in [-0.4, -0.2) is 49.7 Å². The maximum absolute atomic E-state index is 13.2. The van der Waals surface area contributed by atoms with Crippen LogP contribution >= 0.6 is 0 Å². The first-order valence-electron chi connectivity index (χ1n) is 11.0. The molecule has 0 bridgehead atoms. The molecule has 4 rings (SSSR count). The van der Waals surface area contributed by atoms with Gasteiger partial charge in [0.05, 0.1) is 4.90 Å². The lowest BCUT2D eigenvalue weighted by Crippen LogP contribution is -2.44. The lowest BCUT2D eigenvalue weighted by atomic mass is 9.97. The van der Waals surface area contributed by atoms with Crippen LogP contribution in [0.4, 0.5) is 5.69 Å². The van der Waals surface area contributed by atoms with E-state index in [-0.39, 0.29) is 28.7 Å². The van der Waals surface area contributed by atoms with Crippen molar-refractivity contribution in [1.82, 2.24) is 9.62 Å². The third-order valence-corrected chi connectivity index (χ3v) is 8.66. The number of nitrogens with zero attached hydrogens (tertiary/aromatic N) is 2. The lowest BCUT2D eigenvalue weighted by molar-refractivity contribution is -0.126. The van der Waals surface area contributed by atoms with E-state index in [0.717, 1.165) is 24.1 Å². The molecule has 1 aromatic carbocycles. The van der Waals surface area contributed by atoms with Crippen LogP contribution in [0.25, 0.3) is 0 Å². The maximum Gasteiger partial charge on any atom is 0.243 e. The van der Waals surface area contributed by atoms with E-state index in [1.165, 1.54) is 24.1 Å². The standard InChI is InChI=1S/C22H31N3O4S/c1-15-13-18-14-20(7-8-21(18)25(15)16(2)26)30(28,29)24-11-9-17(10-12-24)22(27)23-19-5-3-4-6-19/h7-8,14-15,17,19H,3-6,9-13H2,1-2H3,(H,23,27)/t15-/m1/s1. The Morgan fingerprint density at radius 2 is 1.73 bits per heavy atom. The third-order valence-electron chi connectivity index (χ3n) is 6.77. The van der Waals surface area contributed by atoms with Crippen molar-refractivity contribution in [2.45, 2.75) is 75.8 Å². The lowest BCUT2D eigenvalue weighted by Gasteiger charge is -2.31. The Balaban J connectivity index is 1.42. The normalized spacial score (nSPS) is 23.5. The van der Waals surface area contributed by atoms with Gasteiger partial charge in [0.15, 0.2) is 0 Å². The molecule has 1 aromatic rings. The summed E-state index contributed by atoms with van der Waals surface area (Å²) >= 11 is 0. The number of hydrogen-bond acceptors (Lipinski definition) is 4. The average molecular weight is 434 g/mol. The van der Waals surface area contributed by atoms with Gasteiger partial charge in [-0.3, -0.25) is 9.59 Å². The van der Waals surface area contributed by atoms with Crippen molar-refractivity contribution in [2.24, 2.45) is 5.92 Å². The fraction of sp³-hybridized carbons (Fsp3) is 0.636. The minimum atomic E-state index is -3.61. The third kappa shape index (κ3) is 3.99. The number of hydrogen-bond donors (Lipinski definition) is 1. The molecule has 7 nitrogen and oxygen atoms in total. The summed E-state index contributed by atoms with van der Waals surface area (Å²) in [7, 11) is -3.61. The van der Waals surface area contributed by atoms with Gasteiger partial charge in [0.1, 0.15) is 0 Å². The second-order valence-corrected chi connectivity index (χ2v) is 10.8. The molecule has 2 aliphatic heterocycles. The first-order chi connectivity index (χ1) is 14.3. The second kappa shape index (κ2) is 8.30. The van der Waals surface area contributed by atoms with Crippen LogP contribution in [0.5, 0.6) is 0 Å². The minimum Gasteiger partial charge on any atom is -0.353 e. The predicted octanol–water partition coefficient (Wildman–Crippen LogP) is 2.44. The Hall–Kier alpha value is -1.93. The highest BCUT2D eigenvalue weighted by Gasteiger charge is 2.35. The van der Waals surface area contributed by atoms with Gasteiger partial charge in [0.25, 0.3) is 0 Å². The molecule has 164 valence electrons. The van der Waals surface area contributed by atoms with Crippen LogP contribution < -0.4 is 10.2 Å². The highest BCUT2D eigenvalue weighted by Crippen LogP contribution is 2.35. The van der Waals surface area contributed by atoms with E-state index in [9.17, 15) is 18.0 Å². The van der Waals surface area contributed by atoms with Crippen molar-refractivity contribution in [3.05, 3.63) is 23.8 Å². The Morgan fingerprint density at radius 1 is 1.07 bits per heavy atom. The van der Waals surface area contributed by atoms with Crippen molar-refractivity contribution in [2.75, 3.05) is 18.0 Å². The number of fused-ring (bicyclic) bond motifs is 1. The van der Waals surface area contributed by atoms with Crippen LogP contribution in [-0.2, 0) is 26.0 Å². The Bertz CT molecular complexity index is 932. The van der Waals surface area contributed by atoms with Gasteiger partial charge in [-0.1, -0.05) is 12.8 Å². The highest BCUT2D eigenvalue weighted by atomic mass is 32.2. The number of rotatable bonds is 4. The summed E-state index contributed by atoms with van der Waals surface area (Å²) in [5, 5.41) is 3.14. The van der Waals surface area contributed by atoms with E-state index >= 15 is 0 Å². The van der Waals surface area contributed by atoms with Crippen LogP contribution in [0.2, 0.25) is 0 Å². The molecular weight excluding hydrogens is 402 g/mol. The van der Waals surface area contributed by atoms with Crippen LogP contribution in [0.15, 0.2) is 23.1 Å². The average Bonchev–Trinajstić information content (AvgIpc) is 3.33. The van der Waals surface area contributed by atoms with E-state index in [0.29, 0.717) is 38.4 Å². The van der Waals surface area contributed by atoms with Crippen LogP contribution in [0.3, 0.4) is 0 Å². The van der Waals surface area contributed by atoms with Crippen molar-refractivity contribution in [1.29, 1.82) is 0 Å². The first kappa shape index (κ1) is 21.3. The molecular formula is C22H31N3O4S. The molecule has 2 amide bonds. The molecule has 8 heteroatoms. The fourth-order valence-electron chi connectivity index (χ4n) is 5.14. The van der Waals surface area contributed by atoms with E-state index in [2.05, 4.69) is 5.32 Å². The number of anilines is 1. The summed E-state index contributed by atoms with van der Waals surface area (Å²) in [4.78, 5) is 26.4. The first-order valence-corrected chi connectivity index (χ1v) is 12.4. The zero-order valence-corrected chi connectivity index (χ0v) is 18.6. The van der Waals surface area contributed by atoms with Gasteiger partial charge < -0.3 is 10.2 Å². The van der Waals surface area contributed by atoms with Crippen molar-refractivity contribution in [3.8, 4) is 0 Å². The minimum absolute atomic E-state index is 0.0320. The molecule has 2 fully saturated rings. The van der Waals surface area contributed by atoms with Gasteiger partial charge in [-0.25, -0.2) is 8.42 Å². The molecule has 1 saturated heterocycles. The highest BCUT2D eigenvalue weighted by molar-refractivity contribution is 7.89. The Morgan fingerprint density at radius 3 is 2.37 bits per heavy atom. The second-order valence-electron chi connectivity index (χ2n) is 8.90. The summed E-state index contributed by atoms with van der Waals surface area (Å²) < 4.78 is 27.9. The van der Waals surface area contributed by atoms with Gasteiger partial charge in [0.2, 0.25) is 21.8 Å². The van der Waals surface area contributed by atoms with E-state index in [1.807, 2.05) is 6.92 Å². The summed E-state index contributed by atoms with van der Waals surface area (Å²) in [6.07, 6.45) is 6.21. The molecule has 30 heavy (non-hydrogen) atoms. The molecule has 1 atom stereocenters. The largest absolute Gasteiger partial charge is 0.353 e. The number of nitrogens with one attached hydrogen (secondary N) is 1. The summed E-state index contributed by atoms with van der Waals surface area (Å²) in [5.74, 6) is -0.0633. The number of sulfonamides is 1. The van der Waals surface area contributed by atoms with Gasteiger partial charge in [-0.05, 0) is 62.8 Å². The van der Waals surface area contributed by atoms with E-state index in [4.69, 9.17) is 0 Å². The fourth-order valence-corrected chi connectivity index (χ4v) is 6.67. The van der Waals surface area contributed by atoms with E-state index < -0.39 is 10.0 Å². The van der Waals surface area contributed by atoms with Gasteiger partial charge in [-0.2, -0.15) is 4.31 Å². The SMILES string of the molecule is CC(=O)N1c2ccc(S(=O)(=O)N3CCC(C(=O)NC4CCCC4)CC3)cc2C[C@H]1C. The monoisotopic (exact) mass is 433 g/mol.